The summed E-state index contributed by atoms with van der Waals surface area (Å²) >= 11 is 2.30. The largest absolute Gasteiger partial charge is 0.488 e. The summed E-state index contributed by atoms with van der Waals surface area (Å²) in [5.41, 5.74) is 8.29. The Morgan fingerprint density at radius 3 is 1.77 bits per heavy atom. The number of aryl methyl sites for hydroxylation is 2. The van der Waals surface area contributed by atoms with Gasteiger partial charge in [-0.25, -0.2) is 0 Å². The Balaban J connectivity index is 1.26. The molecule has 0 atom stereocenters. The normalized spacial score (nSPS) is 11.4. The van der Waals surface area contributed by atoms with Crippen LogP contribution in [0.1, 0.15) is 33.6 Å². The average Bonchev–Trinajstić information content (AvgIpc) is 3.62. The summed E-state index contributed by atoms with van der Waals surface area (Å²) in [6.07, 6.45) is 0. The van der Waals surface area contributed by atoms with E-state index in [2.05, 4.69) is 137 Å². The average molecular weight is 726 g/mol. The van der Waals surface area contributed by atoms with Crippen molar-refractivity contribution in [1.29, 1.82) is 0 Å². The van der Waals surface area contributed by atoms with Crippen LogP contribution in [-0.2, 0) is 12.1 Å². The van der Waals surface area contributed by atoms with Crippen molar-refractivity contribution in [2.45, 2.75) is 26.0 Å². The van der Waals surface area contributed by atoms with Gasteiger partial charge in [0.15, 0.2) is 5.54 Å². The molecule has 0 aliphatic rings. The quantitative estimate of drug-likeness (QED) is 0.110. The van der Waals surface area contributed by atoms with Gasteiger partial charge in [-0.3, -0.25) is 4.98 Å². The molecule has 0 fully saturated rings. The van der Waals surface area contributed by atoms with Gasteiger partial charge in [0.25, 0.3) is 0 Å². The van der Waals surface area contributed by atoms with Crippen LogP contribution < -0.4 is 4.74 Å². The van der Waals surface area contributed by atoms with Crippen molar-refractivity contribution in [1.82, 2.24) is 25.2 Å². The van der Waals surface area contributed by atoms with Gasteiger partial charge in [0.2, 0.25) is 5.82 Å². The second kappa shape index (κ2) is 13.3. The second-order valence-electron chi connectivity index (χ2n) is 11.4. The van der Waals surface area contributed by atoms with Gasteiger partial charge in [-0.15, -0.1) is 15.0 Å². The molecule has 2 aromatic heterocycles. The molecule has 7 heteroatoms. The fourth-order valence-electron chi connectivity index (χ4n) is 6.10. The van der Waals surface area contributed by atoms with Crippen molar-refractivity contribution in [2.24, 2.45) is 0 Å². The second-order valence-corrected chi connectivity index (χ2v) is 12.5. The topological polar surface area (TPSA) is 65.7 Å². The standard InChI is InChI=1S/C40H32IN5O/c1-28-26-37(38(41)29(2)42-28)47-27-30-22-24-31(25-23-30)35-20-12-13-21-36(35)39-43-45-46(44-39)40(32-14-6-3-7-15-32,33-16-8-4-9-17-33)34-18-10-5-11-19-34/h3-26H,27H2,1-2H3. The minimum absolute atomic E-state index is 0.469. The Bertz CT molecular complexity index is 2020. The van der Waals surface area contributed by atoms with Crippen LogP contribution >= 0.6 is 22.6 Å². The van der Waals surface area contributed by atoms with Crippen LogP contribution in [0.3, 0.4) is 0 Å². The van der Waals surface area contributed by atoms with Crippen LogP contribution in [0.4, 0.5) is 0 Å². The number of pyridine rings is 1. The lowest BCUT2D eigenvalue weighted by atomic mass is 9.77. The number of benzene rings is 5. The molecule has 0 aliphatic heterocycles. The molecule has 0 radical (unpaired) electrons. The summed E-state index contributed by atoms with van der Waals surface area (Å²) in [5, 5.41) is 14.6. The van der Waals surface area contributed by atoms with E-state index in [1.54, 1.807) is 4.80 Å². The van der Waals surface area contributed by atoms with Gasteiger partial charge in [0.1, 0.15) is 12.4 Å². The molecule has 5 aromatic carbocycles. The first-order valence-electron chi connectivity index (χ1n) is 15.5. The molecule has 47 heavy (non-hydrogen) atoms. The molecule has 7 aromatic rings. The van der Waals surface area contributed by atoms with Crippen molar-refractivity contribution in [3.63, 3.8) is 0 Å². The summed E-state index contributed by atoms with van der Waals surface area (Å²) in [7, 11) is 0. The van der Waals surface area contributed by atoms with E-state index in [4.69, 9.17) is 20.1 Å². The van der Waals surface area contributed by atoms with Gasteiger partial charge in [-0.1, -0.05) is 140 Å². The van der Waals surface area contributed by atoms with E-state index in [9.17, 15) is 0 Å². The molecule has 0 spiro atoms. The van der Waals surface area contributed by atoms with Crippen LogP contribution in [0, 0.1) is 17.4 Å². The van der Waals surface area contributed by atoms with Crippen LogP contribution in [0.15, 0.2) is 146 Å². The Kier molecular flexibility index (Phi) is 8.63. The Labute approximate surface area is 288 Å². The van der Waals surface area contributed by atoms with Crippen molar-refractivity contribution in [3.05, 3.63) is 183 Å². The molecule has 0 bridgehead atoms. The number of nitrogens with zero attached hydrogens (tertiary/aromatic N) is 5. The third-order valence-electron chi connectivity index (χ3n) is 8.33. The smallest absolute Gasteiger partial charge is 0.205 e. The number of hydrogen-bond donors (Lipinski definition) is 0. The predicted octanol–water partition coefficient (Wildman–Crippen LogP) is 9.04. The van der Waals surface area contributed by atoms with Crippen LogP contribution in [0.5, 0.6) is 5.75 Å². The van der Waals surface area contributed by atoms with Crippen molar-refractivity contribution in [2.75, 3.05) is 0 Å². The molecule has 0 saturated carbocycles. The maximum Gasteiger partial charge on any atom is 0.205 e. The van der Waals surface area contributed by atoms with E-state index in [-0.39, 0.29) is 0 Å². The summed E-state index contributed by atoms with van der Waals surface area (Å²) < 4.78 is 7.23. The van der Waals surface area contributed by atoms with Gasteiger partial charge in [-0.2, -0.15) is 0 Å². The molecule has 0 N–H and O–H groups in total. The summed E-state index contributed by atoms with van der Waals surface area (Å²) in [4.78, 5) is 6.29. The van der Waals surface area contributed by atoms with E-state index in [0.29, 0.717) is 12.4 Å². The maximum atomic E-state index is 6.19. The van der Waals surface area contributed by atoms with E-state index in [1.807, 2.05) is 50.2 Å². The van der Waals surface area contributed by atoms with Crippen molar-refractivity contribution >= 4 is 22.6 Å². The van der Waals surface area contributed by atoms with Crippen molar-refractivity contribution < 1.29 is 4.74 Å². The van der Waals surface area contributed by atoms with E-state index < -0.39 is 5.54 Å². The SMILES string of the molecule is Cc1cc(OCc2ccc(-c3ccccc3-c3nnn(C(c4ccccc4)(c4ccccc4)c4ccccc4)n3)cc2)c(I)c(C)n1. The zero-order valence-electron chi connectivity index (χ0n) is 26.1. The van der Waals surface area contributed by atoms with E-state index in [1.165, 1.54) is 0 Å². The van der Waals surface area contributed by atoms with E-state index in [0.717, 1.165) is 59.7 Å². The number of rotatable bonds is 9. The highest BCUT2D eigenvalue weighted by atomic mass is 127. The zero-order valence-corrected chi connectivity index (χ0v) is 28.2. The molecule has 0 amide bonds. The summed E-state index contributed by atoms with van der Waals surface area (Å²) in [6.45, 7) is 4.46. The first-order chi connectivity index (χ1) is 23.0. The van der Waals surface area contributed by atoms with Gasteiger partial charge < -0.3 is 4.74 Å². The van der Waals surface area contributed by atoms with E-state index >= 15 is 0 Å². The fourth-order valence-corrected chi connectivity index (χ4v) is 6.53. The Morgan fingerprint density at radius 1 is 0.660 bits per heavy atom. The molecular weight excluding hydrogens is 693 g/mol. The van der Waals surface area contributed by atoms with Crippen LogP contribution in [-0.4, -0.2) is 25.2 Å². The highest BCUT2D eigenvalue weighted by Gasteiger charge is 2.41. The number of hydrogen-bond acceptors (Lipinski definition) is 5. The van der Waals surface area contributed by atoms with Crippen LogP contribution in [0.2, 0.25) is 0 Å². The van der Waals surface area contributed by atoms with Crippen LogP contribution in [0.25, 0.3) is 22.5 Å². The number of aromatic nitrogens is 5. The monoisotopic (exact) mass is 725 g/mol. The molecular formula is C40H32IN5O. The summed E-state index contributed by atoms with van der Waals surface area (Å²) in [5.74, 6) is 1.41. The molecule has 2 heterocycles. The summed E-state index contributed by atoms with van der Waals surface area (Å²) in [6, 6.07) is 49.8. The fraction of sp³-hybridized carbons (Fsp3) is 0.100. The van der Waals surface area contributed by atoms with Gasteiger partial charge in [0.05, 0.1) is 9.26 Å². The highest BCUT2D eigenvalue weighted by Crippen LogP contribution is 2.40. The first kappa shape index (κ1) is 30.5. The molecule has 6 nitrogen and oxygen atoms in total. The molecule has 0 unspecified atom stereocenters. The molecule has 0 saturated heterocycles. The highest BCUT2D eigenvalue weighted by molar-refractivity contribution is 14.1. The first-order valence-corrected chi connectivity index (χ1v) is 16.5. The lowest BCUT2D eigenvalue weighted by Gasteiger charge is -2.34. The lowest BCUT2D eigenvalue weighted by Crippen LogP contribution is -2.39. The zero-order chi connectivity index (χ0) is 32.2. The van der Waals surface area contributed by atoms with Crippen molar-refractivity contribution in [3.8, 4) is 28.3 Å². The third-order valence-corrected chi connectivity index (χ3v) is 9.65. The predicted molar refractivity (Wildman–Crippen MR) is 194 cm³/mol. The lowest BCUT2D eigenvalue weighted by molar-refractivity contribution is 0.303. The Hall–Kier alpha value is -5.15. The maximum absolute atomic E-state index is 6.19. The molecule has 0 aliphatic carbocycles. The van der Waals surface area contributed by atoms with Gasteiger partial charge in [-0.05, 0) is 75.0 Å². The van der Waals surface area contributed by atoms with Gasteiger partial charge in [0, 0.05) is 17.3 Å². The minimum atomic E-state index is -0.838. The molecule has 7 rings (SSSR count). The number of tetrazole rings is 1. The molecule has 230 valence electrons. The van der Waals surface area contributed by atoms with Gasteiger partial charge >= 0.3 is 0 Å². The Morgan fingerprint density at radius 2 is 1.19 bits per heavy atom. The number of ether oxygens (including phenoxy) is 1. The third kappa shape index (κ3) is 5.94. The minimum Gasteiger partial charge on any atom is -0.488 e. The number of halogens is 1.